The molecule has 0 spiro atoms. The number of aromatic amines is 1. The van der Waals surface area contributed by atoms with Crippen molar-refractivity contribution < 1.29 is 18.7 Å². The fourth-order valence-corrected chi connectivity index (χ4v) is 7.94. The Bertz CT molecular complexity index is 1760. The zero-order valence-corrected chi connectivity index (χ0v) is 23.2. The Hall–Kier alpha value is -3.84. The van der Waals surface area contributed by atoms with Crippen LogP contribution in [0.1, 0.15) is 39.3 Å². The third kappa shape index (κ3) is 4.15. The summed E-state index contributed by atoms with van der Waals surface area (Å²) in [6, 6.07) is 10.3. The highest BCUT2D eigenvalue weighted by Crippen LogP contribution is 2.46. The van der Waals surface area contributed by atoms with Crippen molar-refractivity contribution in [3.8, 4) is 22.1 Å². The number of nitrogens with one attached hydrogen (secondary N) is 1. The fourth-order valence-electron chi connectivity index (χ4n) is 5.49. The monoisotopic (exact) mass is 574 g/mol. The number of H-pyrrole nitrogens is 1. The topological polar surface area (TPSA) is 137 Å². The molecule has 7 rings (SSSR count). The smallest absolute Gasteiger partial charge is 0.267 e. The Kier molecular flexibility index (Phi) is 5.89. The average Bonchev–Trinajstić information content (AvgIpc) is 3.72. The second kappa shape index (κ2) is 9.37. The molecule has 0 radical (unpaired) electrons. The summed E-state index contributed by atoms with van der Waals surface area (Å²) in [7, 11) is -2.41. The van der Waals surface area contributed by atoms with Crippen LogP contribution in [0.15, 0.2) is 54.2 Å². The molecule has 6 heterocycles. The van der Waals surface area contributed by atoms with Gasteiger partial charge in [0.25, 0.3) is 11.8 Å². The zero-order chi connectivity index (χ0) is 27.6. The quantitative estimate of drug-likeness (QED) is 0.225. The van der Waals surface area contributed by atoms with Gasteiger partial charge in [0.2, 0.25) is 0 Å². The van der Waals surface area contributed by atoms with E-state index < -0.39 is 10.6 Å². The molecule has 12 heteroatoms. The number of hydrogen-bond acceptors (Lipinski definition) is 8. The van der Waals surface area contributed by atoms with Crippen LogP contribution in [0.5, 0.6) is 0 Å². The van der Waals surface area contributed by atoms with Gasteiger partial charge in [-0.25, -0.2) is 19.9 Å². The molecule has 0 aliphatic carbocycles. The molecule has 5 aromatic rings. The molecule has 0 saturated carbocycles. The summed E-state index contributed by atoms with van der Waals surface area (Å²) in [4.78, 5) is 44.3. The van der Waals surface area contributed by atoms with Crippen molar-refractivity contribution in [2.24, 2.45) is 5.92 Å². The van der Waals surface area contributed by atoms with E-state index >= 15 is 0 Å². The molecule has 2 aliphatic rings. The van der Waals surface area contributed by atoms with E-state index in [1.807, 2.05) is 30.8 Å². The van der Waals surface area contributed by atoms with Crippen molar-refractivity contribution in [3.63, 3.8) is 0 Å². The van der Waals surface area contributed by atoms with Crippen LogP contribution in [0.2, 0.25) is 0 Å². The average molecular weight is 575 g/mol. The fraction of sp³-hybridized carbons (Fsp3) is 0.250. The number of imide groups is 1. The Morgan fingerprint density at radius 2 is 1.75 bits per heavy atom. The van der Waals surface area contributed by atoms with Gasteiger partial charge in [0.1, 0.15) is 11.5 Å². The molecule has 40 heavy (non-hydrogen) atoms. The number of carbonyl (C=O) groups excluding carboxylic acids is 2. The lowest BCUT2D eigenvalue weighted by atomic mass is 10.0. The van der Waals surface area contributed by atoms with Crippen LogP contribution in [0.25, 0.3) is 33.1 Å². The summed E-state index contributed by atoms with van der Waals surface area (Å²) in [5.41, 5.74) is 4.00. The van der Waals surface area contributed by atoms with E-state index in [-0.39, 0.29) is 17.6 Å². The van der Waals surface area contributed by atoms with Gasteiger partial charge in [-0.1, -0.05) is 12.1 Å². The molecule has 0 bridgehead atoms. The Morgan fingerprint density at radius 1 is 1.02 bits per heavy atom. The van der Waals surface area contributed by atoms with E-state index in [2.05, 4.69) is 19.5 Å². The summed E-state index contributed by atoms with van der Waals surface area (Å²) in [6.45, 7) is 2.79. The number of nitrogens with zero attached hydrogens (tertiary/aromatic N) is 5. The third-order valence-corrected chi connectivity index (χ3v) is 10.3. The van der Waals surface area contributed by atoms with E-state index in [1.54, 1.807) is 30.3 Å². The van der Waals surface area contributed by atoms with Gasteiger partial charge in [0, 0.05) is 52.5 Å². The maximum Gasteiger partial charge on any atom is 0.267 e. The van der Waals surface area contributed by atoms with Crippen LogP contribution in [-0.2, 0) is 6.54 Å². The number of thiazole rings is 1. The van der Waals surface area contributed by atoms with Crippen molar-refractivity contribution >= 4 is 50.6 Å². The van der Waals surface area contributed by atoms with Crippen molar-refractivity contribution in [2.75, 3.05) is 16.4 Å². The van der Waals surface area contributed by atoms with Gasteiger partial charge in [0.05, 0.1) is 16.8 Å². The third-order valence-electron chi connectivity index (χ3n) is 7.72. The second-order valence-corrected chi connectivity index (χ2v) is 13.6. The summed E-state index contributed by atoms with van der Waals surface area (Å²) in [6.07, 6.45) is 5.26. The first kappa shape index (κ1) is 25.1. The first-order chi connectivity index (χ1) is 19.3. The van der Waals surface area contributed by atoms with E-state index in [1.165, 1.54) is 11.3 Å². The number of hydrogen-bond donors (Lipinski definition) is 3. The Morgan fingerprint density at radius 3 is 2.48 bits per heavy atom. The molecular weight excluding hydrogens is 548 g/mol. The largest absolute Gasteiger partial charge is 0.345 e. The second-order valence-electron chi connectivity index (χ2n) is 10.3. The lowest BCUT2D eigenvalue weighted by Crippen LogP contribution is -2.30. The highest BCUT2D eigenvalue weighted by Gasteiger charge is 2.37. The number of imidazole rings is 1. The van der Waals surface area contributed by atoms with E-state index in [9.17, 15) is 18.7 Å². The summed E-state index contributed by atoms with van der Waals surface area (Å²) < 4.78 is 22.1. The molecule has 10 nitrogen and oxygen atoms in total. The van der Waals surface area contributed by atoms with Crippen LogP contribution >= 0.6 is 21.9 Å². The number of anilines is 1. The van der Waals surface area contributed by atoms with Gasteiger partial charge in [-0.2, -0.15) is 10.6 Å². The minimum absolute atomic E-state index is 0.271. The first-order valence-corrected chi connectivity index (χ1v) is 15.7. The Balaban J connectivity index is 1.16. The number of carbonyl (C=O) groups is 2. The predicted molar refractivity (Wildman–Crippen MR) is 156 cm³/mol. The van der Waals surface area contributed by atoms with Gasteiger partial charge in [-0.05, 0) is 49.9 Å². The minimum Gasteiger partial charge on any atom is -0.345 e. The van der Waals surface area contributed by atoms with Gasteiger partial charge in [0.15, 0.2) is 10.8 Å². The number of aromatic nitrogens is 5. The number of aryl methyl sites for hydroxylation is 1. The van der Waals surface area contributed by atoms with Crippen molar-refractivity contribution in [2.45, 2.75) is 26.3 Å². The summed E-state index contributed by atoms with van der Waals surface area (Å²) >= 11 is 1.51. The van der Waals surface area contributed by atoms with Gasteiger partial charge in [-0.15, -0.1) is 11.3 Å². The lowest BCUT2D eigenvalue weighted by molar-refractivity contribution is 0.0925. The predicted octanol–water partition coefficient (Wildman–Crippen LogP) is 5.82. The zero-order valence-electron chi connectivity index (χ0n) is 21.6. The van der Waals surface area contributed by atoms with Crippen LogP contribution in [0, 0.1) is 12.8 Å². The van der Waals surface area contributed by atoms with E-state index in [0.717, 1.165) is 57.5 Å². The Labute approximate surface area is 235 Å². The number of amides is 2. The molecule has 204 valence electrons. The summed E-state index contributed by atoms with van der Waals surface area (Å²) in [5.74, 6) is 1.61. The number of pyridine rings is 1. The molecule has 4 aromatic heterocycles. The summed E-state index contributed by atoms with van der Waals surface area (Å²) in [5, 5.41) is 3.62. The molecule has 1 aromatic carbocycles. The van der Waals surface area contributed by atoms with Crippen LogP contribution < -0.4 is 4.90 Å². The SMILES string of the molecule is Cc1cnc(-c2nc(-c3c[nH]c4nc(N5C(=O)c6ccccc6C5=O)ccc34)cs2)n1CC1CCS(O)(O)CC1. The van der Waals surface area contributed by atoms with Crippen molar-refractivity contribution in [1.29, 1.82) is 0 Å². The highest BCUT2D eigenvalue weighted by atomic mass is 32.3. The minimum atomic E-state index is -2.41. The van der Waals surface area contributed by atoms with Gasteiger partial charge in [-0.3, -0.25) is 18.7 Å². The highest BCUT2D eigenvalue weighted by molar-refractivity contribution is 8.24. The molecular formula is C28H26N6O4S2. The maximum absolute atomic E-state index is 12.9. The van der Waals surface area contributed by atoms with E-state index in [4.69, 9.17) is 4.98 Å². The van der Waals surface area contributed by atoms with E-state index in [0.29, 0.717) is 34.2 Å². The molecule has 0 atom stereocenters. The number of benzene rings is 1. The number of fused-ring (bicyclic) bond motifs is 2. The van der Waals surface area contributed by atoms with Crippen molar-refractivity contribution in [3.05, 3.63) is 71.0 Å². The van der Waals surface area contributed by atoms with Gasteiger partial charge >= 0.3 is 0 Å². The first-order valence-electron chi connectivity index (χ1n) is 13.0. The van der Waals surface area contributed by atoms with Crippen molar-refractivity contribution in [1.82, 2.24) is 24.5 Å². The lowest BCUT2D eigenvalue weighted by Gasteiger charge is -2.39. The molecule has 2 aliphatic heterocycles. The molecule has 1 saturated heterocycles. The number of rotatable bonds is 5. The van der Waals surface area contributed by atoms with Crippen LogP contribution in [0.4, 0.5) is 5.82 Å². The van der Waals surface area contributed by atoms with Crippen LogP contribution in [0.3, 0.4) is 0 Å². The molecule has 2 amide bonds. The van der Waals surface area contributed by atoms with Crippen LogP contribution in [-0.4, -0.2) is 56.9 Å². The normalized spacial score (nSPS) is 18.0. The maximum atomic E-state index is 12.9. The molecule has 0 unspecified atom stereocenters. The standard InChI is InChI=1S/C28H26N6O4S2/c1-16-12-30-25(33(16)14-17-8-10-40(37,38)11-9-17)26-31-22(15-39-26)21-13-29-24-18(21)6-7-23(32-24)34-27(35)19-4-2-3-5-20(19)28(34)36/h2-7,12-13,15,17,37-38H,8-11,14H2,1H3,(H,29,32). The molecule has 1 fully saturated rings. The van der Waals surface area contributed by atoms with Gasteiger partial charge < -0.3 is 9.55 Å². The molecule has 3 N–H and O–H groups in total.